The van der Waals surface area contributed by atoms with Crippen molar-refractivity contribution in [2.45, 2.75) is 24.9 Å². The van der Waals surface area contributed by atoms with Crippen molar-refractivity contribution in [3.8, 4) is 0 Å². The molecule has 2 aromatic heterocycles. The highest BCUT2D eigenvalue weighted by molar-refractivity contribution is 5.96. The third kappa shape index (κ3) is 7.42. The molecule has 1 aliphatic rings. The smallest absolute Gasteiger partial charge is 0.357 e. The van der Waals surface area contributed by atoms with E-state index in [2.05, 4.69) is 20.6 Å². The molecule has 0 saturated heterocycles. The van der Waals surface area contributed by atoms with Gasteiger partial charge in [-0.2, -0.15) is 0 Å². The normalized spacial score (nSPS) is 18.0. The highest BCUT2D eigenvalue weighted by Gasteiger charge is 2.23. The molecule has 212 valence electrons. The molecule has 0 fully saturated rings. The van der Waals surface area contributed by atoms with Gasteiger partial charge in [0.25, 0.3) is 11.8 Å². The van der Waals surface area contributed by atoms with Crippen molar-refractivity contribution in [1.82, 2.24) is 20.6 Å². The van der Waals surface area contributed by atoms with E-state index in [9.17, 15) is 19.2 Å². The Hall–Kier alpha value is -5.38. The van der Waals surface area contributed by atoms with E-state index < -0.39 is 35.8 Å². The van der Waals surface area contributed by atoms with Gasteiger partial charge in [-0.05, 0) is 48.2 Å². The maximum atomic E-state index is 13.2. The molecule has 4 bridgehead atoms. The monoisotopic (exact) mass is 564 g/mol. The molecule has 2 atom stereocenters. The first-order valence-corrected chi connectivity index (χ1v) is 13.4. The van der Waals surface area contributed by atoms with Gasteiger partial charge in [-0.3, -0.25) is 9.59 Å². The Bertz CT molecular complexity index is 1470. The minimum atomic E-state index is -0.757. The summed E-state index contributed by atoms with van der Waals surface area (Å²) in [5.74, 6) is -2.57. The van der Waals surface area contributed by atoms with Crippen LogP contribution in [0.25, 0.3) is 0 Å². The molecule has 0 spiro atoms. The van der Waals surface area contributed by atoms with Crippen LogP contribution in [0.4, 0.5) is 0 Å². The molecule has 2 N–H and O–H groups in total. The van der Waals surface area contributed by atoms with Crippen molar-refractivity contribution >= 4 is 23.8 Å². The zero-order valence-corrected chi connectivity index (χ0v) is 22.6. The Morgan fingerprint density at radius 3 is 1.33 bits per heavy atom. The van der Waals surface area contributed by atoms with Crippen molar-refractivity contribution in [2.75, 3.05) is 13.2 Å². The van der Waals surface area contributed by atoms with Crippen LogP contribution in [-0.4, -0.2) is 59.0 Å². The minimum Gasteiger partial charge on any atom is -0.459 e. The lowest BCUT2D eigenvalue weighted by Crippen LogP contribution is -2.42. The van der Waals surface area contributed by atoms with Crippen LogP contribution in [-0.2, 0) is 22.3 Å². The molecule has 3 heterocycles. The fourth-order valence-electron chi connectivity index (χ4n) is 4.47. The fraction of sp³-hybridized carbons (Fsp3) is 0.188. The third-order valence-electron chi connectivity index (χ3n) is 6.53. The Balaban J connectivity index is 1.45. The van der Waals surface area contributed by atoms with Gasteiger partial charge in [0, 0.05) is 0 Å². The molecule has 2 amide bonds. The highest BCUT2D eigenvalue weighted by atomic mass is 16.5. The quantitative estimate of drug-likeness (QED) is 0.361. The number of amides is 2. The summed E-state index contributed by atoms with van der Waals surface area (Å²) in [6.07, 6.45) is 0.724. The third-order valence-corrected chi connectivity index (χ3v) is 6.53. The van der Waals surface area contributed by atoms with E-state index in [1.54, 1.807) is 6.07 Å². The molecule has 0 saturated carbocycles. The van der Waals surface area contributed by atoms with Crippen LogP contribution < -0.4 is 10.6 Å². The summed E-state index contributed by atoms with van der Waals surface area (Å²) in [7, 11) is 0. The molecule has 0 radical (unpaired) electrons. The molecule has 0 unspecified atom stereocenters. The molecule has 4 aromatic rings. The van der Waals surface area contributed by atoms with Crippen LogP contribution in [0.3, 0.4) is 0 Å². The second kappa shape index (κ2) is 13.3. The van der Waals surface area contributed by atoms with Gasteiger partial charge in [0.05, 0.1) is 12.1 Å². The van der Waals surface area contributed by atoms with E-state index in [-0.39, 0.29) is 36.0 Å². The van der Waals surface area contributed by atoms with E-state index in [0.29, 0.717) is 12.8 Å². The first-order valence-electron chi connectivity index (χ1n) is 13.4. The maximum Gasteiger partial charge on any atom is 0.357 e. The number of cyclic esters (lactones) is 2. The number of pyridine rings is 2. The van der Waals surface area contributed by atoms with Crippen LogP contribution in [0.5, 0.6) is 0 Å². The predicted molar refractivity (Wildman–Crippen MR) is 152 cm³/mol. The number of nitrogens with one attached hydrogen (secondary N) is 2. The van der Waals surface area contributed by atoms with Gasteiger partial charge >= 0.3 is 11.9 Å². The van der Waals surface area contributed by atoms with E-state index in [0.717, 1.165) is 11.1 Å². The molecule has 10 heteroatoms. The first-order chi connectivity index (χ1) is 20.4. The number of aromatic nitrogens is 2. The van der Waals surface area contributed by atoms with Crippen molar-refractivity contribution in [3.05, 3.63) is 131 Å². The van der Waals surface area contributed by atoms with Crippen molar-refractivity contribution in [3.63, 3.8) is 0 Å². The largest absolute Gasteiger partial charge is 0.459 e. The van der Waals surface area contributed by atoms with E-state index in [4.69, 9.17) is 9.47 Å². The zero-order valence-electron chi connectivity index (χ0n) is 22.6. The van der Waals surface area contributed by atoms with E-state index in [1.165, 1.54) is 30.3 Å². The number of nitrogens with zero attached hydrogens (tertiary/aromatic N) is 2. The SMILES string of the molecule is O=C1N[C@@H](Cc2ccccc2)COC(=O)c2cccc(n2)C(=O)OC[C@@H](Cc2ccccc2)NC(=O)c2cccc1n2. The van der Waals surface area contributed by atoms with Crippen LogP contribution in [0.2, 0.25) is 0 Å². The lowest BCUT2D eigenvalue weighted by Gasteiger charge is -2.20. The molecule has 0 aliphatic carbocycles. The molecule has 10 nitrogen and oxygen atoms in total. The number of fused-ring (bicyclic) bond motifs is 4. The topological polar surface area (TPSA) is 137 Å². The highest BCUT2D eigenvalue weighted by Crippen LogP contribution is 2.11. The predicted octanol–water partition coefficient (Wildman–Crippen LogP) is 3.19. The van der Waals surface area contributed by atoms with Crippen LogP contribution in [0, 0.1) is 0 Å². The average molecular weight is 565 g/mol. The number of hydrogen-bond donors (Lipinski definition) is 2. The second-order valence-electron chi connectivity index (χ2n) is 9.73. The molecule has 1 aliphatic heterocycles. The molecule has 2 aromatic carbocycles. The number of rotatable bonds is 4. The van der Waals surface area contributed by atoms with Crippen LogP contribution in [0.1, 0.15) is 53.1 Å². The number of carbonyl (C=O) groups is 4. The Labute approximate surface area is 242 Å². The Kier molecular flexibility index (Phi) is 8.93. The maximum absolute atomic E-state index is 13.2. The number of benzene rings is 2. The average Bonchev–Trinajstić information content (AvgIpc) is 3.02. The summed E-state index contributed by atoms with van der Waals surface area (Å²) in [5.41, 5.74) is 1.70. The number of carbonyl (C=O) groups excluding carboxylic acids is 4. The summed E-state index contributed by atoms with van der Waals surface area (Å²) >= 11 is 0. The van der Waals surface area contributed by atoms with Crippen molar-refractivity contribution < 1.29 is 28.7 Å². The van der Waals surface area contributed by atoms with Gasteiger partial charge in [-0.25, -0.2) is 19.6 Å². The van der Waals surface area contributed by atoms with Crippen LogP contribution in [0.15, 0.2) is 97.1 Å². The lowest BCUT2D eigenvalue weighted by atomic mass is 10.1. The minimum absolute atomic E-state index is 0.0218. The van der Waals surface area contributed by atoms with E-state index in [1.807, 2.05) is 60.7 Å². The fourth-order valence-corrected chi connectivity index (χ4v) is 4.47. The van der Waals surface area contributed by atoms with Gasteiger partial charge in [0.1, 0.15) is 36.0 Å². The summed E-state index contributed by atoms with van der Waals surface area (Å²) in [6.45, 7) is -0.339. The number of ether oxygens (including phenoxy) is 2. The van der Waals surface area contributed by atoms with Gasteiger partial charge < -0.3 is 20.1 Å². The molecular weight excluding hydrogens is 536 g/mol. The standard InChI is InChI=1S/C32H28N4O6/c37-29-25-13-7-14-26(35-25)30(38)34-24(18-22-11-5-2-6-12-22)20-42-32(40)28-16-8-15-27(36-28)31(39)41-19-23(33-29)17-21-9-3-1-4-10-21/h1-16,23-24H,17-20H2,(H,33,37)(H,34,38)/t23-,24+. The van der Waals surface area contributed by atoms with Crippen molar-refractivity contribution in [1.29, 1.82) is 0 Å². The molecule has 5 rings (SSSR count). The van der Waals surface area contributed by atoms with Gasteiger partial charge in [-0.15, -0.1) is 0 Å². The summed E-state index contributed by atoms with van der Waals surface area (Å²) < 4.78 is 11.0. The van der Waals surface area contributed by atoms with Crippen LogP contribution >= 0.6 is 0 Å². The van der Waals surface area contributed by atoms with Gasteiger partial charge in [0.2, 0.25) is 0 Å². The molecule has 42 heavy (non-hydrogen) atoms. The lowest BCUT2D eigenvalue weighted by molar-refractivity contribution is 0.0437. The van der Waals surface area contributed by atoms with Crippen molar-refractivity contribution in [2.24, 2.45) is 0 Å². The molecular formula is C32H28N4O6. The summed E-state index contributed by atoms with van der Waals surface area (Å²) in [6, 6.07) is 26.5. The van der Waals surface area contributed by atoms with Gasteiger partial charge in [-0.1, -0.05) is 72.8 Å². The summed E-state index contributed by atoms with van der Waals surface area (Å²) in [5, 5.41) is 5.73. The first kappa shape index (κ1) is 28.2. The Morgan fingerprint density at radius 1 is 0.524 bits per heavy atom. The number of hydrogen-bond acceptors (Lipinski definition) is 8. The Morgan fingerprint density at radius 2 is 0.905 bits per heavy atom. The zero-order chi connectivity index (χ0) is 29.3. The number of esters is 2. The van der Waals surface area contributed by atoms with E-state index >= 15 is 0 Å². The second-order valence-corrected chi connectivity index (χ2v) is 9.73. The van der Waals surface area contributed by atoms with Gasteiger partial charge in [0.15, 0.2) is 0 Å². The summed E-state index contributed by atoms with van der Waals surface area (Å²) in [4.78, 5) is 60.6.